The summed E-state index contributed by atoms with van der Waals surface area (Å²) in [7, 11) is 0. The first kappa shape index (κ1) is 31.5. The van der Waals surface area contributed by atoms with E-state index in [0.29, 0.717) is 0 Å². The highest BCUT2D eigenvalue weighted by atomic mass is 32.1. The molecule has 0 unspecified atom stereocenters. The van der Waals surface area contributed by atoms with Crippen LogP contribution in [0.25, 0.3) is 51.5 Å². The van der Waals surface area contributed by atoms with E-state index in [-0.39, 0.29) is 5.78 Å². The number of ketones is 1. The molecule has 1 aliphatic carbocycles. The third-order valence-corrected chi connectivity index (χ3v) is 13.9. The van der Waals surface area contributed by atoms with Crippen molar-refractivity contribution in [3.63, 3.8) is 0 Å². The molecule has 0 spiro atoms. The minimum atomic E-state index is 0.138. The second-order valence-electron chi connectivity index (χ2n) is 12.3. The fraction of sp³-hybridized carbons (Fsp3) is 0.293. The molecular formula is C41H40OS4. The van der Waals surface area contributed by atoms with E-state index in [9.17, 15) is 4.79 Å². The molecule has 1 aliphatic rings. The lowest BCUT2D eigenvalue weighted by molar-refractivity contribution is 0.104. The Morgan fingerprint density at radius 3 is 1.28 bits per heavy atom. The first-order valence-corrected chi connectivity index (χ1v) is 20.1. The van der Waals surface area contributed by atoms with Crippen molar-refractivity contribution in [2.75, 3.05) is 0 Å². The Kier molecular flexibility index (Phi) is 9.83. The molecular weight excluding hydrogens is 637 g/mol. The summed E-state index contributed by atoms with van der Waals surface area (Å²) in [6.45, 7) is 4.53. The largest absolute Gasteiger partial charge is 0.289 e. The van der Waals surface area contributed by atoms with Gasteiger partial charge in [0.1, 0.15) is 0 Å². The average Bonchev–Trinajstić information content (AvgIpc) is 3.92. The standard InChI is InChI=1S/C41H40OS4/c1-3-5-7-9-11-29-15-19-37(43-29)39-23-21-35(45-39)27-13-17-31-32-18-14-28(26-34(32)41(42)33(31)25-27)36-22-24-40(46-36)38-20-16-30(44-38)12-10-8-6-4-2/h13-26H,3-12H2,1-2H3. The molecule has 0 N–H and O–H groups in total. The van der Waals surface area contributed by atoms with E-state index in [1.807, 2.05) is 45.3 Å². The molecule has 4 heterocycles. The summed E-state index contributed by atoms with van der Waals surface area (Å²) in [5.74, 6) is 0.138. The van der Waals surface area contributed by atoms with Crippen LogP contribution in [0.1, 0.15) is 90.9 Å². The van der Waals surface area contributed by atoms with Crippen molar-refractivity contribution in [1.29, 1.82) is 0 Å². The van der Waals surface area contributed by atoms with Crippen LogP contribution < -0.4 is 0 Å². The molecule has 2 aromatic carbocycles. The van der Waals surface area contributed by atoms with Crippen LogP contribution in [0.15, 0.2) is 84.9 Å². The average molecular weight is 677 g/mol. The van der Waals surface area contributed by atoms with Crippen LogP contribution in [0.2, 0.25) is 0 Å². The topological polar surface area (TPSA) is 17.1 Å². The van der Waals surface area contributed by atoms with E-state index in [0.717, 1.165) is 33.4 Å². The second kappa shape index (κ2) is 14.4. The van der Waals surface area contributed by atoms with Gasteiger partial charge in [-0.3, -0.25) is 4.79 Å². The third kappa shape index (κ3) is 6.66. The van der Waals surface area contributed by atoms with Crippen LogP contribution in [-0.2, 0) is 12.8 Å². The van der Waals surface area contributed by atoms with E-state index < -0.39 is 0 Å². The number of hydrogen-bond donors (Lipinski definition) is 0. The lowest BCUT2D eigenvalue weighted by Crippen LogP contribution is -1.95. The molecule has 234 valence electrons. The van der Waals surface area contributed by atoms with Gasteiger partial charge in [-0.05, 0) is 109 Å². The number of hydrogen-bond acceptors (Lipinski definition) is 5. The van der Waals surface area contributed by atoms with Crippen molar-refractivity contribution >= 4 is 51.1 Å². The van der Waals surface area contributed by atoms with Gasteiger partial charge in [-0.1, -0.05) is 76.6 Å². The molecule has 0 amide bonds. The summed E-state index contributed by atoms with van der Waals surface area (Å²) < 4.78 is 0. The quantitative estimate of drug-likeness (QED) is 0.105. The van der Waals surface area contributed by atoms with E-state index in [4.69, 9.17) is 0 Å². The zero-order valence-electron chi connectivity index (χ0n) is 26.7. The van der Waals surface area contributed by atoms with Gasteiger partial charge in [0.2, 0.25) is 0 Å². The molecule has 0 saturated heterocycles. The molecule has 0 aliphatic heterocycles. The van der Waals surface area contributed by atoms with Gasteiger partial charge in [-0.25, -0.2) is 0 Å². The zero-order chi connectivity index (χ0) is 31.5. The van der Waals surface area contributed by atoms with Crippen LogP contribution in [-0.4, -0.2) is 5.78 Å². The summed E-state index contributed by atoms with van der Waals surface area (Å²) >= 11 is 7.50. The SMILES string of the molecule is CCCCCCc1ccc(-c2ccc(-c3ccc4c(c3)C(=O)c3cc(-c5ccc(-c6ccc(CCCCCC)s6)s5)ccc3-4)s2)s1. The molecule has 0 bridgehead atoms. The number of unbranched alkanes of at least 4 members (excludes halogenated alkanes) is 6. The van der Waals surface area contributed by atoms with E-state index >= 15 is 0 Å². The molecule has 46 heavy (non-hydrogen) atoms. The molecule has 7 rings (SSSR count). The monoisotopic (exact) mass is 676 g/mol. The molecule has 6 aromatic rings. The lowest BCUT2D eigenvalue weighted by atomic mass is 10.0. The second-order valence-corrected chi connectivity index (χ2v) is 16.8. The highest BCUT2D eigenvalue weighted by molar-refractivity contribution is 7.24. The summed E-state index contributed by atoms with van der Waals surface area (Å²) in [6.07, 6.45) is 12.8. The predicted molar refractivity (Wildman–Crippen MR) is 204 cm³/mol. The molecule has 4 aromatic heterocycles. The van der Waals surface area contributed by atoms with Gasteiger partial charge in [0.05, 0.1) is 0 Å². The molecule has 0 fully saturated rings. The Morgan fingerprint density at radius 1 is 0.413 bits per heavy atom. The number of thiophene rings is 4. The summed E-state index contributed by atoms with van der Waals surface area (Å²) in [5.41, 5.74) is 5.99. The van der Waals surface area contributed by atoms with Crippen molar-refractivity contribution in [3.8, 4) is 51.5 Å². The number of aryl methyl sites for hydroxylation is 2. The molecule has 0 atom stereocenters. The van der Waals surface area contributed by atoms with Gasteiger partial charge in [0.15, 0.2) is 5.78 Å². The maximum absolute atomic E-state index is 13.8. The minimum Gasteiger partial charge on any atom is -0.289 e. The molecule has 0 radical (unpaired) electrons. The van der Waals surface area contributed by atoms with E-state index in [2.05, 4.69) is 98.8 Å². The first-order chi connectivity index (χ1) is 22.6. The number of benzene rings is 2. The zero-order valence-corrected chi connectivity index (χ0v) is 30.0. The van der Waals surface area contributed by atoms with Crippen molar-refractivity contribution in [1.82, 2.24) is 0 Å². The smallest absolute Gasteiger partial charge is 0.194 e. The molecule has 1 nitrogen and oxygen atoms in total. The van der Waals surface area contributed by atoms with E-state index in [1.165, 1.54) is 103 Å². The highest BCUT2D eigenvalue weighted by Gasteiger charge is 2.28. The van der Waals surface area contributed by atoms with Crippen LogP contribution in [0.3, 0.4) is 0 Å². The fourth-order valence-electron chi connectivity index (χ4n) is 6.38. The van der Waals surface area contributed by atoms with Gasteiger partial charge in [0, 0.05) is 50.1 Å². The summed E-state index contributed by atoms with van der Waals surface area (Å²) in [6, 6.07) is 30.9. The number of fused-ring (bicyclic) bond motifs is 3. The van der Waals surface area contributed by atoms with Crippen molar-refractivity contribution in [2.45, 2.75) is 78.1 Å². The van der Waals surface area contributed by atoms with Crippen LogP contribution in [0, 0.1) is 0 Å². The lowest BCUT2D eigenvalue weighted by Gasteiger charge is -2.04. The van der Waals surface area contributed by atoms with E-state index in [1.54, 1.807) is 0 Å². The molecule has 0 saturated carbocycles. The normalized spacial score (nSPS) is 12.2. The van der Waals surface area contributed by atoms with Gasteiger partial charge in [-0.2, -0.15) is 0 Å². The summed E-state index contributed by atoms with van der Waals surface area (Å²) in [5, 5.41) is 0. The summed E-state index contributed by atoms with van der Waals surface area (Å²) in [4.78, 5) is 24.5. The Labute approximate surface area is 289 Å². The Hall–Kier alpha value is -3.09. The molecule has 5 heteroatoms. The Morgan fingerprint density at radius 2 is 0.826 bits per heavy atom. The fourth-order valence-corrected chi connectivity index (χ4v) is 10.7. The van der Waals surface area contributed by atoms with Gasteiger partial charge in [0.25, 0.3) is 0 Å². The maximum atomic E-state index is 13.8. The van der Waals surface area contributed by atoms with Crippen LogP contribution in [0.4, 0.5) is 0 Å². The number of rotatable bonds is 14. The first-order valence-electron chi connectivity index (χ1n) is 16.8. The van der Waals surface area contributed by atoms with Crippen LogP contribution in [0.5, 0.6) is 0 Å². The van der Waals surface area contributed by atoms with Gasteiger partial charge in [-0.15, -0.1) is 45.3 Å². The number of carbonyl (C=O) groups excluding carboxylic acids is 1. The third-order valence-electron chi connectivity index (χ3n) is 8.96. The highest BCUT2D eigenvalue weighted by Crippen LogP contribution is 2.44. The maximum Gasteiger partial charge on any atom is 0.194 e. The van der Waals surface area contributed by atoms with Gasteiger partial charge >= 0.3 is 0 Å². The Bertz CT molecular complexity index is 1820. The van der Waals surface area contributed by atoms with Gasteiger partial charge < -0.3 is 0 Å². The van der Waals surface area contributed by atoms with Crippen molar-refractivity contribution in [2.24, 2.45) is 0 Å². The minimum absolute atomic E-state index is 0.138. The predicted octanol–water partition coefficient (Wildman–Crippen LogP) is 14.1. The van der Waals surface area contributed by atoms with Crippen molar-refractivity contribution < 1.29 is 4.79 Å². The Balaban J connectivity index is 1.05. The van der Waals surface area contributed by atoms with Crippen molar-refractivity contribution in [3.05, 3.63) is 106 Å². The van der Waals surface area contributed by atoms with Crippen LogP contribution >= 0.6 is 45.3 Å². The number of carbonyl (C=O) groups is 1.